The molecule has 0 spiro atoms. The fourth-order valence-electron chi connectivity index (χ4n) is 3.12. The highest BCUT2D eigenvalue weighted by Crippen LogP contribution is 2.31. The van der Waals surface area contributed by atoms with Gasteiger partial charge in [0.1, 0.15) is 17.6 Å². The van der Waals surface area contributed by atoms with Crippen molar-refractivity contribution in [3.8, 4) is 17.2 Å². The fraction of sp³-hybridized carbons (Fsp3) is 0.167. The lowest BCUT2D eigenvalue weighted by Crippen LogP contribution is -2.28. The topological polar surface area (TPSA) is 94.9 Å². The van der Waals surface area contributed by atoms with Gasteiger partial charge in [-0.3, -0.25) is 9.59 Å². The van der Waals surface area contributed by atoms with Crippen molar-refractivity contribution >= 4 is 17.6 Å². The van der Waals surface area contributed by atoms with Crippen LogP contribution in [0.4, 0.5) is 5.82 Å². The summed E-state index contributed by atoms with van der Waals surface area (Å²) in [6.45, 7) is 0. The van der Waals surface area contributed by atoms with Crippen molar-refractivity contribution in [3.05, 3.63) is 84.1 Å². The Balaban J connectivity index is 1.64. The van der Waals surface area contributed by atoms with Crippen LogP contribution in [-0.2, 0) is 4.79 Å². The molecule has 6 heteroatoms. The minimum absolute atomic E-state index is 0.0190. The lowest BCUT2D eigenvalue weighted by atomic mass is 10.0. The number of nitriles is 1. The van der Waals surface area contributed by atoms with E-state index in [1.165, 1.54) is 0 Å². The molecule has 1 atom stereocenters. The molecule has 2 aromatic carbocycles. The second kappa shape index (κ2) is 8.58. The van der Waals surface area contributed by atoms with Gasteiger partial charge in [0.25, 0.3) is 5.91 Å². The van der Waals surface area contributed by atoms with Gasteiger partial charge >= 0.3 is 0 Å². The van der Waals surface area contributed by atoms with E-state index in [1.807, 2.05) is 48.5 Å². The summed E-state index contributed by atoms with van der Waals surface area (Å²) < 4.78 is 0. The first-order chi connectivity index (χ1) is 14.6. The summed E-state index contributed by atoms with van der Waals surface area (Å²) >= 11 is 0. The largest absolute Gasteiger partial charge is 0.331 e. The first kappa shape index (κ1) is 19.3. The van der Waals surface area contributed by atoms with Crippen LogP contribution < -0.4 is 10.6 Å². The van der Waals surface area contributed by atoms with Crippen LogP contribution >= 0.6 is 0 Å². The molecule has 4 rings (SSSR count). The first-order valence-corrected chi connectivity index (χ1v) is 9.78. The highest BCUT2D eigenvalue weighted by Gasteiger charge is 2.30. The van der Waals surface area contributed by atoms with Crippen molar-refractivity contribution in [1.29, 1.82) is 5.26 Å². The molecule has 1 heterocycles. The third-order valence-electron chi connectivity index (χ3n) is 4.90. The predicted molar refractivity (Wildman–Crippen MR) is 113 cm³/mol. The Bertz CT molecular complexity index is 1100. The van der Waals surface area contributed by atoms with E-state index in [4.69, 9.17) is 0 Å². The van der Waals surface area contributed by atoms with Gasteiger partial charge < -0.3 is 10.6 Å². The van der Waals surface area contributed by atoms with Crippen LogP contribution in [0, 0.1) is 17.2 Å². The average Bonchev–Trinajstić information content (AvgIpc) is 3.64. The van der Waals surface area contributed by atoms with Crippen LogP contribution in [0.3, 0.4) is 0 Å². The number of nitrogens with zero attached hydrogens (tertiary/aromatic N) is 2. The van der Waals surface area contributed by atoms with Crippen molar-refractivity contribution in [2.75, 3.05) is 5.32 Å². The van der Waals surface area contributed by atoms with Gasteiger partial charge in [-0.25, -0.2) is 4.98 Å². The van der Waals surface area contributed by atoms with E-state index in [0.717, 1.165) is 24.0 Å². The van der Waals surface area contributed by atoms with E-state index in [1.54, 1.807) is 24.3 Å². The maximum atomic E-state index is 12.9. The summed E-state index contributed by atoms with van der Waals surface area (Å²) in [4.78, 5) is 29.5. The van der Waals surface area contributed by atoms with Crippen molar-refractivity contribution in [2.45, 2.75) is 18.9 Å². The van der Waals surface area contributed by atoms with Crippen molar-refractivity contribution in [2.24, 2.45) is 5.92 Å². The van der Waals surface area contributed by atoms with Gasteiger partial charge in [-0.1, -0.05) is 60.7 Å². The Kier molecular flexibility index (Phi) is 5.53. The van der Waals surface area contributed by atoms with Gasteiger partial charge in [0.2, 0.25) is 5.91 Å². The molecule has 3 aromatic rings. The van der Waals surface area contributed by atoms with E-state index < -0.39 is 11.9 Å². The van der Waals surface area contributed by atoms with Crippen LogP contribution in [0.2, 0.25) is 0 Å². The van der Waals surface area contributed by atoms with E-state index >= 15 is 0 Å². The molecule has 2 N–H and O–H groups in total. The van der Waals surface area contributed by atoms with Gasteiger partial charge in [0.05, 0.1) is 6.07 Å². The molecular weight excluding hydrogens is 376 g/mol. The maximum absolute atomic E-state index is 12.9. The predicted octanol–water partition coefficient (Wildman–Crippen LogP) is 4.09. The maximum Gasteiger partial charge on any atom is 0.271 e. The second-order valence-corrected chi connectivity index (χ2v) is 7.20. The summed E-state index contributed by atoms with van der Waals surface area (Å²) in [7, 11) is 0. The molecule has 0 bridgehead atoms. The van der Waals surface area contributed by atoms with Gasteiger partial charge in [0.15, 0.2) is 0 Å². The molecule has 1 saturated carbocycles. The highest BCUT2D eigenvalue weighted by molar-refractivity contribution is 5.97. The standard InChI is InChI=1S/C24H20N4O2/c25-15-21(17-9-5-2-6-10-17)27-24(30)20-13-19(16-7-3-1-4-8-16)14-22(26-20)28-23(29)18-11-12-18/h1-10,13-14,18,21H,11-12H2,(H,27,30)(H,26,28,29). The Morgan fingerprint density at radius 1 is 0.967 bits per heavy atom. The number of carbonyl (C=O) groups excluding carboxylic acids is 2. The molecule has 0 saturated heterocycles. The number of pyridine rings is 1. The van der Waals surface area contributed by atoms with Crippen LogP contribution in [0.25, 0.3) is 11.1 Å². The van der Waals surface area contributed by atoms with Crippen LogP contribution in [0.15, 0.2) is 72.8 Å². The van der Waals surface area contributed by atoms with Gasteiger partial charge in [0, 0.05) is 5.92 Å². The molecular formula is C24H20N4O2. The number of hydrogen-bond donors (Lipinski definition) is 2. The SMILES string of the molecule is N#CC(NC(=O)c1cc(-c2ccccc2)cc(NC(=O)C2CC2)n1)c1ccccc1. The van der Waals surface area contributed by atoms with E-state index in [9.17, 15) is 14.9 Å². The monoisotopic (exact) mass is 396 g/mol. The fourth-order valence-corrected chi connectivity index (χ4v) is 3.12. The van der Waals surface area contributed by atoms with Crippen LogP contribution in [0.1, 0.15) is 34.9 Å². The molecule has 6 nitrogen and oxygen atoms in total. The molecule has 2 amide bonds. The minimum Gasteiger partial charge on any atom is -0.331 e. The highest BCUT2D eigenvalue weighted by atomic mass is 16.2. The van der Waals surface area contributed by atoms with Crippen molar-refractivity contribution < 1.29 is 9.59 Å². The third kappa shape index (κ3) is 4.53. The van der Waals surface area contributed by atoms with Crippen LogP contribution in [0.5, 0.6) is 0 Å². The molecule has 1 unspecified atom stereocenters. The van der Waals surface area contributed by atoms with Gasteiger partial charge in [-0.2, -0.15) is 5.26 Å². The Labute approximate surface area is 174 Å². The number of hydrogen-bond acceptors (Lipinski definition) is 4. The second-order valence-electron chi connectivity index (χ2n) is 7.20. The number of amides is 2. The Morgan fingerprint density at radius 3 is 2.27 bits per heavy atom. The number of carbonyl (C=O) groups is 2. The molecule has 148 valence electrons. The summed E-state index contributed by atoms with van der Waals surface area (Å²) in [6, 6.07) is 23.3. The van der Waals surface area contributed by atoms with E-state index in [-0.39, 0.29) is 17.5 Å². The number of nitrogens with one attached hydrogen (secondary N) is 2. The normalized spacial score (nSPS) is 13.7. The third-order valence-corrected chi connectivity index (χ3v) is 4.90. The van der Waals surface area contributed by atoms with E-state index in [2.05, 4.69) is 21.7 Å². The summed E-state index contributed by atoms with van der Waals surface area (Å²) in [5.41, 5.74) is 2.49. The number of anilines is 1. The molecule has 1 fully saturated rings. The molecule has 30 heavy (non-hydrogen) atoms. The quantitative estimate of drug-likeness (QED) is 0.656. The van der Waals surface area contributed by atoms with Gasteiger partial charge in [-0.15, -0.1) is 0 Å². The summed E-state index contributed by atoms with van der Waals surface area (Å²) in [6.07, 6.45) is 1.75. The molecule has 0 radical (unpaired) electrons. The van der Waals surface area contributed by atoms with E-state index in [0.29, 0.717) is 11.4 Å². The summed E-state index contributed by atoms with van der Waals surface area (Å²) in [5, 5.41) is 15.0. The first-order valence-electron chi connectivity index (χ1n) is 9.78. The smallest absolute Gasteiger partial charge is 0.271 e. The number of aromatic nitrogens is 1. The molecule has 0 aliphatic heterocycles. The molecule has 1 aliphatic carbocycles. The zero-order valence-corrected chi connectivity index (χ0v) is 16.2. The average molecular weight is 396 g/mol. The molecule has 1 aliphatic rings. The minimum atomic E-state index is -0.801. The Hall–Kier alpha value is -3.98. The van der Waals surface area contributed by atoms with Crippen molar-refractivity contribution in [3.63, 3.8) is 0 Å². The number of benzene rings is 2. The zero-order valence-electron chi connectivity index (χ0n) is 16.2. The zero-order chi connectivity index (χ0) is 20.9. The molecule has 1 aromatic heterocycles. The van der Waals surface area contributed by atoms with Crippen LogP contribution in [-0.4, -0.2) is 16.8 Å². The van der Waals surface area contributed by atoms with Gasteiger partial charge in [-0.05, 0) is 41.7 Å². The lowest BCUT2D eigenvalue weighted by molar-refractivity contribution is -0.117. The lowest BCUT2D eigenvalue weighted by Gasteiger charge is -2.14. The summed E-state index contributed by atoms with van der Waals surface area (Å²) in [5.74, 6) is -0.222. The van der Waals surface area contributed by atoms with Crippen molar-refractivity contribution in [1.82, 2.24) is 10.3 Å². The number of rotatable bonds is 6. The Morgan fingerprint density at radius 2 is 1.63 bits per heavy atom.